The highest BCUT2D eigenvalue weighted by atomic mass is 16.6. The summed E-state index contributed by atoms with van der Waals surface area (Å²) in [4.78, 5) is 37.9. The Morgan fingerprint density at radius 1 is 0.333 bits per heavy atom. The van der Waals surface area contributed by atoms with Crippen LogP contribution in [-0.2, 0) is 28.6 Å². The number of esters is 3. The van der Waals surface area contributed by atoms with Crippen molar-refractivity contribution in [1.29, 1.82) is 0 Å². The van der Waals surface area contributed by atoms with Gasteiger partial charge in [-0.3, -0.25) is 14.4 Å². The first-order valence-electron chi connectivity index (χ1n) is 27.1. The summed E-state index contributed by atoms with van der Waals surface area (Å²) in [5.74, 6) is -0.881. The zero-order valence-electron chi connectivity index (χ0n) is 41.8. The van der Waals surface area contributed by atoms with Crippen LogP contribution in [0.1, 0.15) is 278 Å². The molecule has 0 spiro atoms. The summed E-state index contributed by atoms with van der Waals surface area (Å²) in [5.41, 5.74) is 0. The Morgan fingerprint density at radius 2 is 0.619 bits per heavy atom. The zero-order chi connectivity index (χ0) is 45.8. The second kappa shape index (κ2) is 52.0. The first kappa shape index (κ1) is 60.4. The monoisotopic (exact) mass is 883 g/mol. The smallest absolute Gasteiger partial charge is 0.306 e. The summed E-state index contributed by atoms with van der Waals surface area (Å²) in [6, 6.07) is 0. The molecule has 0 aromatic heterocycles. The number of unbranched alkanes of at least 4 members (excludes halogenated alkanes) is 30. The van der Waals surface area contributed by atoms with Gasteiger partial charge >= 0.3 is 17.9 Å². The predicted octanol–water partition coefficient (Wildman–Crippen LogP) is 17.9. The number of hydrogen-bond donors (Lipinski definition) is 0. The maximum Gasteiger partial charge on any atom is 0.306 e. The Labute approximate surface area is 390 Å². The Morgan fingerprint density at radius 3 is 0.968 bits per heavy atom. The zero-order valence-corrected chi connectivity index (χ0v) is 41.8. The van der Waals surface area contributed by atoms with Gasteiger partial charge in [-0.2, -0.15) is 0 Å². The summed E-state index contributed by atoms with van der Waals surface area (Å²) in [6.07, 6.45) is 62.5. The van der Waals surface area contributed by atoms with Gasteiger partial charge in [-0.1, -0.05) is 249 Å². The number of hydrogen-bond acceptors (Lipinski definition) is 6. The number of allylic oxidation sites excluding steroid dienone is 8. The molecule has 0 aromatic rings. The number of ether oxygens (including phenoxy) is 3. The molecule has 1 atom stereocenters. The van der Waals surface area contributed by atoms with E-state index in [0.29, 0.717) is 19.3 Å². The third-order valence-electron chi connectivity index (χ3n) is 11.8. The molecule has 0 aromatic carbocycles. The van der Waals surface area contributed by atoms with Crippen LogP contribution in [0.3, 0.4) is 0 Å². The van der Waals surface area contributed by atoms with Crippen molar-refractivity contribution in [1.82, 2.24) is 0 Å². The third-order valence-corrected chi connectivity index (χ3v) is 11.8. The summed E-state index contributed by atoms with van der Waals surface area (Å²) in [5, 5.41) is 0. The minimum Gasteiger partial charge on any atom is -0.462 e. The summed E-state index contributed by atoms with van der Waals surface area (Å²) in [6.45, 7) is 6.51. The van der Waals surface area contributed by atoms with Crippen LogP contribution in [0.5, 0.6) is 0 Å². The maximum atomic E-state index is 12.8. The molecule has 0 aliphatic heterocycles. The van der Waals surface area contributed by atoms with Gasteiger partial charge < -0.3 is 14.2 Å². The lowest BCUT2D eigenvalue weighted by molar-refractivity contribution is -0.167. The van der Waals surface area contributed by atoms with Crippen LogP contribution in [-0.4, -0.2) is 37.2 Å². The van der Waals surface area contributed by atoms with Crippen molar-refractivity contribution < 1.29 is 28.6 Å². The van der Waals surface area contributed by atoms with Gasteiger partial charge in [0.15, 0.2) is 6.10 Å². The fourth-order valence-corrected chi connectivity index (χ4v) is 7.79. The van der Waals surface area contributed by atoms with E-state index in [-0.39, 0.29) is 31.1 Å². The molecular weight excluding hydrogens is 781 g/mol. The molecule has 1 unspecified atom stereocenters. The molecule has 6 heteroatoms. The second-order valence-corrected chi connectivity index (χ2v) is 18.1. The van der Waals surface area contributed by atoms with E-state index in [1.54, 1.807) is 0 Å². The van der Waals surface area contributed by atoms with Crippen LogP contribution >= 0.6 is 0 Å². The lowest BCUT2D eigenvalue weighted by Crippen LogP contribution is -2.30. The highest BCUT2D eigenvalue weighted by Gasteiger charge is 2.19. The van der Waals surface area contributed by atoms with Crippen LogP contribution < -0.4 is 0 Å². The van der Waals surface area contributed by atoms with Crippen molar-refractivity contribution in [3.05, 3.63) is 48.6 Å². The highest BCUT2D eigenvalue weighted by Crippen LogP contribution is 2.16. The Hall–Kier alpha value is -2.63. The first-order valence-corrected chi connectivity index (χ1v) is 27.1. The largest absolute Gasteiger partial charge is 0.462 e. The van der Waals surface area contributed by atoms with Gasteiger partial charge in [0.25, 0.3) is 0 Å². The molecule has 0 aliphatic rings. The quantitative estimate of drug-likeness (QED) is 0.0262. The van der Waals surface area contributed by atoms with Crippen LogP contribution in [0, 0.1) is 0 Å². The van der Waals surface area contributed by atoms with Crippen LogP contribution in [0.2, 0.25) is 0 Å². The lowest BCUT2D eigenvalue weighted by atomic mass is 10.0. The first-order chi connectivity index (χ1) is 31.0. The number of carbonyl (C=O) groups is 3. The van der Waals surface area contributed by atoms with E-state index in [0.717, 1.165) is 89.9 Å². The molecule has 0 radical (unpaired) electrons. The van der Waals surface area contributed by atoms with E-state index < -0.39 is 6.10 Å². The molecule has 63 heavy (non-hydrogen) atoms. The number of rotatable bonds is 49. The second-order valence-electron chi connectivity index (χ2n) is 18.1. The predicted molar refractivity (Wildman–Crippen MR) is 270 cm³/mol. The molecule has 0 N–H and O–H groups in total. The lowest BCUT2D eigenvalue weighted by Gasteiger charge is -2.18. The summed E-state index contributed by atoms with van der Waals surface area (Å²) < 4.78 is 16.8. The highest BCUT2D eigenvalue weighted by molar-refractivity contribution is 5.71. The van der Waals surface area contributed by atoms with Gasteiger partial charge in [0.2, 0.25) is 0 Å². The van der Waals surface area contributed by atoms with E-state index in [1.807, 2.05) is 0 Å². The van der Waals surface area contributed by atoms with E-state index in [1.165, 1.54) is 148 Å². The third kappa shape index (κ3) is 50.2. The van der Waals surface area contributed by atoms with E-state index in [9.17, 15) is 14.4 Å². The van der Waals surface area contributed by atoms with E-state index in [2.05, 4.69) is 69.4 Å². The topological polar surface area (TPSA) is 78.9 Å². The van der Waals surface area contributed by atoms with Crippen molar-refractivity contribution in [3.63, 3.8) is 0 Å². The Balaban J connectivity index is 4.26. The molecule has 0 amide bonds. The van der Waals surface area contributed by atoms with Crippen molar-refractivity contribution in [2.45, 2.75) is 284 Å². The molecule has 0 saturated carbocycles. The van der Waals surface area contributed by atoms with Gasteiger partial charge in [0.1, 0.15) is 13.2 Å². The normalized spacial score (nSPS) is 12.4. The molecule has 0 rings (SSSR count). The van der Waals surface area contributed by atoms with Gasteiger partial charge in [-0.15, -0.1) is 0 Å². The molecule has 0 saturated heterocycles. The molecular formula is C57H102O6. The van der Waals surface area contributed by atoms with E-state index >= 15 is 0 Å². The summed E-state index contributed by atoms with van der Waals surface area (Å²) >= 11 is 0. The average molecular weight is 883 g/mol. The van der Waals surface area contributed by atoms with Gasteiger partial charge in [0, 0.05) is 19.3 Å². The van der Waals surface area contributed by atoms with Gasteiger partial charge in [0.05, 0.1) is 0 Å². The van der Waals surface area contributed by atoms with Crippen LogP contribution in [0.4, 0.5) is 0 Å². The molecule has 0 bridgehead atoms. The minimum absolute atomic E-state index is 0.0745. The van der Waals surface area contributed by atoms with Crippen molar-refractivity contribution in [3.8, 4) is 0 Å². The maximum absolute atomic E-state index is 12.8. The molecule has 0 fully saturated rings. The minimum atomic E-state index is -0.773. The van der Waals surface area contributed by atoms with Crippen molar-refractivity contribution in [2.24, 2.45) is 0 Å². The molecule has 366 valence electrons. The fraction of sp³-hybridized carbons (Fsp3) is 0.807. The fourth-order valence-electron chi connectivity index (χ4n) is 7.79. The average Bonchev–Trinajstić information content (AvgIpc) is 3.28. The van der Waals surface area contributed by atoms with Gasteiger partial charge in [-0.25, -0.2) is 0 Å². The van der Waals surface area contributed by atoms with Gasteiger partial charge in [-0.05, 0) is 57.8 Å². The van der Waals surface area contributed by atoms with Crippen molar-refractivity contribution >= 4 is 17.9 Å². The number of carbonyl (C=O) groups excluding carboxylic acids is 3. The standard InChI is InChI=1S/C57H102O6/c1-4-7-10-13-16-19-21-23-25-27-29-31-32-34-36-38-41-44-47-50-56(59)62-53-54(52-61-55(58)49-46-43-40-18-15-12-9-6-3)63-57(60)51-48-45-42-39-37-35-33-30-28-26-24-22-20-17-14-11-8-5-2/h7,10,16,19,23,25,29,31,54H,4-6,8-9,11-15,17-18,20-22,24,26-28,30,32-53H2,1-3H3/b10-7-,19-16-,25-23-,31-29-. The summed E-state index contributed by atoms with van der Waals surface area (Å²) in [7, 11) is 0. The molecule has 0 aliphatic carbocycles. The Kier molecular flexibility index (Phi) is 49.8. The molecule has 0 heterocycles. The molecule has 6 nitrogen and oxygen atoms in total. The SMILES string of the molecule is CC/C=C\C/C=C\C/C=C\C/C=C\CCCCCCCCC(=O)OCC(COC(=O)CCCCCCCCCC)OC(=O)CCCCCCCCCCCCCCCCCCCC. The van der Waals surface area contributed by atoms with Crippen LogP contribution in [0.15, 0.2) is 48.6 Å². The van der Waals surface area contributed by atoms with E-state index in [4.69, 9.17) is 14.2 Å². The van der Waals surface area contributed by atoms with Crippen molar-refractivity contribution in [2.75, 3.05) is 13.2 Å². The Bertz CT molecular complexity index is 1110. The van der Waals surface area contributed by atoms with Crippen LogP contribution in [0.25, 0.3) is 0 Å².